The van der Waals surface area contributed by atoms with E-state index in [1.54, 1.807) is 0 Å². The van der Waals surface area contributed by atoms with Crippen LogP contribution in [0.3, 0.4) is 0 Å². The quantitative estimate of drug-likeness (QED) is 0.811. The van der Waals surface area contributed by atoms with Crippen molar-refractivity contribution in [3.63, 3.8) is 0 Å². The van der Waals surface area contributed by atoms with E-state index < -0.39 is 11.4 Å². The van der Waals surface area contributed by atoms with Gasteiger partial charge in [0.05, 0.1) is 5.41 Å². The van der Waals surface area contributed by atoms with E-state index in [0.717, 1.165) is 30.6 Å². The SMILES string of the molecule is CC(C)C(=O)Cc1cccc(CC(C)(C(=O)O)C2CCNC2)c1. The fourth-order valence-electron chi connectivity index (χ4n) is 3.27. The summed E-state index contributed by atoms with van der Waals surface area (Å²) >= 11 is 0. The molecule has 2 unspecified atom stereocenters. The summed E-state index contributed by atoms with van der Waals surface area (Å²) in [7, 11) is 0. The van der Waals surface area contributed by atoms with Crippen LogP contribution in [0.25, 0.3) is 0 Å². The molecule has 0 saturated carbocycles. The second-order valence-electron chi connectivity index (χ2n) is 7.21. The number of carbonyl (C=O) groups is 2. The van der Waals surface area contributed by atoms with Crippen LogP contribution in [-0.4, -0.2) is 29.9 Å². The molecule has 0 spiro atoms. The van der Waals surface area contributed by atoms with Gasteiger partial charge in [0.15, 0.2) is 0 Å². The molecule has 0 aliphatic carbocycles. The van der Waals surface area contributed by atoms with Crippen molar-refractivity contribution in [2.75, 3.05) is 13.1 Å². The molecule has 1 aliphatic heterocycles. The Morgan fingerprint density at radius 1 is 1.35 bits per heavy atom. The summed E-state index contributed by atoms with van der Waals surface area (Å²) < 4.78 is 0. The first-order valence-corrected chi connectivity index (χ1v) is 8.37. The van der Waals surface area contributed by atoms with Gasteiger partial charge in [-0.2, -0.15) is 0 Å². The zero-order chi connectivity index (χ0) is 17.0. The molecule has 1 saturated heterocycles. The maximum Gasteiger partial charge on any atom is 0.310 e. The Morgan fingerprint density at radius 3 is 2.61 bits per heavy atom. The van der Waals surface area contributed by atoms with Gasteiger partial charge < -0.3 is 10.4 Å². The Kier molecular flexibility index (Phi) is 5.58. The number of nitrogens with one attached hydrogen (secondary N) is 1. The van der Waals surface area contributed by atoms with Gasteiger partial charge in [-0.05, 0) is 49.9 Å². The molecule has 4 nitrogen and oxygen atoms in total. The lowest BCUT2D eigenvalue weighted by molar-refractivity contribution is -0.151. The third-order valence-electron chi connectivity index (χ3n) is 5.03. The van der Waals surface area contributed by atoms with Gasteiger partial charge in [0.2, 0.25) is 0 Å². The lowest BCUT2D eigenvalue weighted by Gasteiger charge is -2.31. The average Bonchev–Trinajstić information content (AvgIpc) is 3.01. The average molecular weight is 317 g/mol. The van der Waals surface area contributed by atoms with Crippen molar-refractivity contribution < 1.29 is 14.7 Å². The molecule has 0 aromatic heterocycles. The van der Waals surface area contributed by atoms with Crippen molar-refractivity contribution in [1.82, 2.24) is 5.32 Å². The zero-order valence-corrected chi connectivity index (χ0v) is 14.3. The van der Waals surface area contributed by atoms with Crippen LogP contribution in [0.5, 0.6) is 0 Å². The Balaban J connectivity index is 2.17. The minimum atomic E-state index is -0.774. The molecule has 2 atom stereocenters. The van der Waals surface area contributed by atoms with Gasteiger partial charge in [-0.1, -0.05) is 38.1 Å². The molecule has 0 bridgehead atoms. The lowest BCUT2D eigenvalue weighted by atomic mass is 9.72. The van der Waals surface area contributed by atoms with Crippen LogP contribution in [0.1, 0.15) is 38.3 Å². The number of aliphatic carboxylic acids is 1. The molecule has 4 heteroatoms. The number of carbonyl (C=O) groups excluding carboxylic acids is 1. The second-order valence-corrected chi connectivity index (χ2v) is 7.21. The largest absolute Gasteiger partial charge is 0.481 e. The number of hydrogen-bond acceptors (Lipinski definition) is 3. The summed E-state index contributed by atoms with van der Waals surface area (Å²) in [6, 6.07) is 7.82. The van der Waals surface area contributed by atoms with Gasteiger partial charge >= 0.3 is 5.97 Å². The highest BCUT2D eigenvalue weighted by molar-refractivity contribution is 5.82. The molecular formula is C19H27NO3. The maximum atomic E-state index is 11.9. The van der Waals surface area contributed by atoms with Crippen molar-refractivity contribution in [3.8, 4) is 0 Å². The van der Waals surface area contributed by atoms with E-state index >= 15 is 0 Å². The van der Waals surface area contributed by atoms with Crippen LogP contribution in [0.15, 0.2) is 24.3 Å². The van der Waals surface area contributed by atoms with Crippen LogP contribution in [-0.2, 0) is 22.4 Å². The van der Waals surface area contributed by atoms with Crippen LogP contribution in [0.4, 0.5) is 0 Å². The van der Waals surface area contributed by atoms with Crippen LogP contribution >= 0.6 is 0 Å². The summed E-state index contributed by atoms with van der Waals surface area (Å²) in [5.74, 6) is -0.369. The molecule has 1 aromatic rings. The standard InChI is InChI=1S/C19H27NO3/c1-13(2)17(21)10-14-5-4-6-15(9-14)11-19(3,18(22)23)16-7-8-20-12-16/h4-6,9,13,16,20H,7-8,10-12H2,1-3H3,(H,22,23). The topological polar surface area (TPSA) is 66.4 Å². The van der Waals surface area contributed by atoms with Crippen LogP contribution in [0.2, 0.25) is 0 Å². The van der Waals surface area contributed by atoms with E-state index in [-0.39, 0.29) is 17.6 Å². The molecule has 126 valence electrons. The Hall–Kier alpha value is -1.68. The molecular weight excluding hydrogens is 290 g/mol. The van der Waals surface area contributed by atoms with E-state index in [4.69, 9.17) is 0 Å². The first-order valence-electron chi connectivity index (χ1n) is 8.37. The molecule has 1 fully saturated rings. The Labute approximate surface area is 138 Å². The third-order valence-corrected chi connectivity index (χ3v) is 5.03. The highest BCUT2D eigenvalue weighted by Crippen LogP contribution is 2.36. The summed E-state index contributed by atoms with van der Waals surface area (Å²) in [6.07, 6.45) is 1.81. The van der Waals surface area contributed by atoms with E-state index in [1.807, 2.05) is 45.0 Å². The van der Waals surface area contributed by atoms with Crippen molar-refractivity contribution >= 4 is 11.8 Å². The predicted octanol–water partition coefficient (Wildman–Crippen LogP) is 2.70. The molecule has 0 amide bonds. The predicted molar refractivity (Wildman–Crippen MR) is 90.4 cm³/mol. The molecule has 0 radical (unpaired) electrons. The van der Waals surface area contributed by atoms with Gasteiger partial charge in [0, 0.05) is 12.3 Å². The van der Waals surface area contributed by atoms with Gasteiger partial charge in [-0.25, -0.2) is 0 Å². The third kappa shape index (κ3) is 4.20. The summed E-state index contributed by atoms with van der Waals surface area (Å²) in [5.41, 5.74) is 1.19. The number of hydrogen-bond donors (Lipinski definition) is 2. The smallest absolute Gasteiger partial charge is 0.310 e. The van der Waals surface area contributed by atoms with Crippen molar-refractivity contribution in [3.05, 3.63) is 35.4 Å². The summed E-state index contributed by atoms with van der Waals surface area (Å²) in [6.45, 7) is 7.30. The number of carboxylic acid groups (broad SMARTS) is 1. The van der Waals surface area contributed by atoms with Crippen LogP contribution in [0, 0.1) is 17.3 Å². The molecule has 1 aliphatic rings. The lowest BCUT2D eigenvalue weighted by Crippen LogP contribution is -2.39. The second kappa shape index (κ2) is 7.26. The highest BCUT2D eigenvalue weighted by atomic mass is 16.4. The van der Waals surface area contributed by atoms with E-state index in [0.29, 0.717) is 12.8 Å². The first kappa shape index (κ1) is 17.7. The summed E-state index contributed by atoms with van der Waals surface area (Å²) in [5, 5.41) is 13.0. The number of rotatable bonds is 7. The van der Waals surface area contributed by atoms with Crippen molar-refractivity contribution in [2.24, 2.45) is 17.3 Å². The molecule has 1 aromatic carbocycles. The minimum absolute atomic E-state index is 0.0208. The van der Waals surface area contributed by atoms with E-state index in [2.05, 4.69) is 5.32 Å². The maximum absolute atomic E-state index is 11.9. The summed E-state index contributed by atoms with van der Waals surface area (Å²) in [4.78, 5) is 23.8. The molecule has 23 heavy (non-hydrogen) atoms. The van der Waals surface area contributed by atoms with Crippen molar-refractivity contribution in [1.29, 1.82) is 0 Å². The molecule has 2 N–H and O–H groups in total. The van der Waals surface area contributed by atoms with Crippen LogP contribution < -0.4 is 5.32 Å². The Morgan fingerprint density at radius 2 is 2.04 bits per heavy atom. The van der Waals surface area contributed by atoms with Gasteiger partial charge in [0.1, 0.15) is 5.78 Å². The monoisotopic (exact) mass is 317 g/mol. The fourth-order valence-corrected chi connectivity index (χ4v) is 3.27. The van der Waals surface area contributed by atoms with E-state index in [9.17, 15) is 14.7 Å². The van der Waals surface area contributed by atoms with Crippen molar-refractivity contribution in [2.45, 2.75) is 40.0 Å². The zero-order valence-electron chi connectivity index (χ0n) is 14.3. The normalized spacial score (nSPS) is 20.4. The number of carboxylic acids is 1. The number of Topliss-reactive ketones (excluding diaryl/α,β-unsaturated/α-hetero) is 1. The van der Waals surface area contributed by atoms with Gasteiger partial charge in [0.25, 0.3) is 0 Å². The van der Waals surface area contributed by atoms with E-state index in [1.165, 1.54) is 0 Å². The number of benzene rings is 1. The van der Waals surface area contributed by atoms with Gasteiger partial charge in [-0.15, -0.1) is 0 Å². The highest BCUT2D eigenvalue weighted by Gasteiger charge is 2.42. The minimum Gasteiger partial charge on any atom is -0.481 e. The fraction of sp³-hybridized carbons (Fsp3) is 0.579. The Bertz CT molecular complexity index is 576. The molecule has 2 rings (SSSR count). The first-order chi connectivity index (χ1) is 10.8. The van der Waals surface area contributed by atoms with Gasteiger partial charge in [-0.3, -0.25) is 9.59 Å². The number of ketones is 1. The molecule has 1 heterocycles.